The zero-order chi connectivity index (χ0) is 16.8. The Kier molecular flexibility index (Phi) is 5.93. The fourth-order valence-corrected chi connectivity index (χ4v) is 2.82. The lowest BCUT2D eigenvalue weighted by Gasteiger charge is -2.10. The van der Waals surface area contributed by atoms with Crippen LogP contribution in [0.4, 0.5) is 0 Å². The number of carbonyl (C=O) groups excluding carboxylic acids is 1. The topological polar surface area (TPSA) is 63.2 Å². The van der Waals surface area contributed by atoms with E-state index in [-0.39, 0.29) is 18.5 Å². The predicted octanol–water partition coefficient (Wildman–Crippen LogP) is 3.34. The minimum Gasteiger partial charge on any atom is -0.466 e. The molecule has 1 fully saturated rings. The largest absolute Gasteiger partial charge is 0.466 e. The van der Waals surface area contributed by atoms with Crippen molar-refractivity contribution < 1.29 is 28.5 Å². The first-order chi connectivity index (χ1) is 11.7. The molecule has 6 heteroatoms. The van der Waals surface area contributed by atoms with Gasteiger partial charge in [-0.25, -0.2) is 0 Å². The zero-order valence-electron chi connectivity index (χ0n) is 14.0. The summed E-state index contributed by atoms with van der Waals surface area (Å²) in [6.45, 7) is 3.19. The molecule has 3 rings (SSSR count). The second-order valence-electron chi connectivity index (χ2n) is 5.99. The lowest BCUT2D eigenvalue weighted by atomic mass is 10.1. The number of hydrogen-bond donors (Lipinski definition) is 0. The van der Waals surface area contributed by atoms with Gasteiger partial charge < -0.3 is 23.7 Å². The second kappa shape index (κ2) is 8.35. The van der Waals surface area contributed by atoms with Crippen LogP contribution in [0, 0.1) is 0 Å². The summed E-state index contributed by atoms with van der Waals surface area (Å²) in [7, 11) is 0. The highest BCUT2D eigenvalue weighted by atomic mass is 16.7. The van der Waals surface area contributed by atoms with Gasteiger partial charge in [-0.2, -0.15) is 0 Å². The fourth-order valence-electron chi connectivity index (χ4n) is 2.82. The smallest absolute Gasteiger partial charge is 0.302 e. The van der Waals surface area contributed by atoms with Gasteiger partial charge in [-0.05, 0) is 31.0 Å². The third kappa shape index (κ3) is 4.61. The number of fused-ring (bicyclic) bond motifs is 1. The minimum atomic E-state index is -0.296. The van der Waals surface area contributed by atoms with Crippen molar-refractivity contribution in [2.45, 2.75) is 51.6 Å². The van der Waals surface area contributed by atoms with Crippen molar-refractivity contribution in [3.05, 3.63) is 23.8 Å². The summed E-state index contributed by atoms with van der Waals surface area (Å²) < 4.78 is 27.6. The molecule has 2 aliphatic heterocycles. The molecule has 1 aromatic rings. The fraction of sp³-hybridized carbons (Fsp3) is 0.611. The van der Waals surface area contributed by atoms with E-state index in [2.05, 4.69) is 0 Å². The van der Waals surface area contributed by atoms with Gasteiger partial charge in [-0.1, -0.05) is 12.8 Å². The summed E-state index contributed by atoms with van der Waals surface area (Å²) in [6.07, 6.45) is 4.33. The number of ether oxygens (including phenoxy) is 5. The average molecular weight is 336 g/mol. The molecule has 132 valence electrons. The summed E-state index contributed by atoms with van der Waals surface area (Å²) in [5.74, 6) is 1.32. The van der Waals surface area contributed by atoms with Crippen molar-refractivity contribution in [1.29, 1.82) is 0 Å². The van der Waals surface area contributed by atoms with E-state index in [1.54, 1.807) is 0 Å². The number of benzene rings is 1. The van der Waals surface area contributed by atoms with Crippen LogP contribution in [-0.2, 0) is 19.0 Å². The van der Waals surface area contributed by atoms with Crippen LogP contribution in [0.25, 0.3) is 0 Å². The number of unbranched alkanes of at least 4 members (excludes halogenated alkanes) is 3. The molecule has 2 aliphatic rings. The number of hydrogen-bond acceptors (Lipinski definition) is 6. The maximum Gasteiger partial charge on any atom is 0.302 e. The normalized spacial score (nSPS) is 19.6. The molecule has 0 N–H and O–H groups in total. The molecule has 0 amide bonds. The van der Waals surface area contributed by atoms with Gasteiger partial charge in [-0.15, -0.1) is 0 Å². The van der Waals surface area contributed by atoms with Crippen LogP contribution in [-0.4, -0.2) is 32.1 Å². The Bertz CT molecular complexity index is 552. The van der Waals surface area contributed by atoms with Crippen molar-refractivity contribution in [3.63, 3.8) is 0 Å². The molecule has 0 spiro atoms. The molecule has 6 nitrogen and oxygen atoms in total. The summed E-state index contributed by atoms with van der Waals surface area (Å²) in [6, 6.07) is 5.80. The quantitative estimate of drug-likeness (QED) is 0.536. The Morgan fingerprint density at radius 2 is 1.83 bits per heavy atom. The van der Waals surface area contributed by atoms with E-state index in [0.717, 1.165) is 49.2 Å². The van der Waals surface area contributed by atoms with Crippen LogP contribution in [0.5, 0.6) is 11.5 Å². The van der Waals surface area contributed by atoms with Gasteiger partial charge >= 0.3 is 5.97 Å². The Hall–Kier alpha value is -1.79. The van der Waals surface area contributed by atoms with E-state index in [1.807, 2.05) is 18.2 Å². The van der Waals surface area contributed by atoms with Gasteiger partial charge in [-0.3, -0.25) is 4.79 Å². The first-order valence-electron chi connectivity index (χ1n) is 8.56. The molecule has 0 aromatic heterocycles. The maximum atomic E-state index is 10.7. The lowest BCUT2D eigenvalue weighted by Crippen LogP contribution is -2.17. The highest BCUT2D eigenvalue weighted by Crippen LogP contribution is 2.39. The third-order valence-electron chi connectivity index (χ3n) is 4.02. The molecular formula is C18H24O6. The third-order valence-corrected chi connectivity index (χ3v) is 4.02. The van der Waals surface area contributed by atoms with Gasteiger partial charge in [0.1, 0.15) is 0 Å². The van der Waals surface area contributed by atoms with Gasteiger partial charge in [0.15, 0.2) is 17.8 Å². The monoisotopic (exact) mass is 336 g/mol. The summed E-state index contributed by atoms with van der Waals surface area (Å²) in [5, 5.41) is 0. The maximum absolute atomic E-state index is 10.7. The minimum absolute atomic E-state index is 0.215. The van der Waals surface area contributed by atoms with E-state index in [9.17, 15) is 4.79 Å². The number of esters is 1. The van der Waals surface area contributed by atoms with Gasteiger partial charge in [0, 0.05) is 18.9 Å². The van der Waals surface area contributed by atoms with Gasteiger partial charge in [0.2, 0.25) is 6.29 Å². The lowest BCUT2D eigenvalue weighted by molar-refractivity contribution is -0.141. The van der Waals surface area contributed by atoms with Crippen molar-refractivity contribution in [2.75, 3.05) is 19.8 Å². The Morgan fingerprint density at radius 1 is 1.08 bits per heavy atom. The standard InChI is InChI=1S/C18H24O6/c1-13(19)20-9-5-3-2-4-6-17-23-15-8-7-14(12-16(15)24-17)18-21-10-11-22-18/h7-8,12,17-18H,2-6,9-11H2,1H3. The SMILES string of the molecule is CC(=O)OCCCCCCC1Oc2ccc(C3OCCO3)cc2O1. The molecule has 0 saturated carbocycles. The molecule has 1 atom stereocenters. The van der Waals surface area contributed by atoms with E-state index in [1.165, 1.54) is 6.92 Å². The van der Waals surface area contributed by atoms with Crippen molar-refractivity contribution >= 4 is 5.97 Å². The first kappa shape index (κ1) is 17.0. The molecule has 0 bridgehead atoms. The first-order valence-corrected chi connectivity index (χ1v) is 8.56. The van der Waals surface area contributed by atoms with Crippen LogP contribution < -0.4 is 9.47 Å². The summed E-state index contributed by atoms with van der Waals surface area (Å²) in [4.78, 5) is 10.7. The highest BCUT2D eigenvalue weighted by molar-refractivity contribution is 5.65. The van der Waals surface area contributed by atoms with Crippen molar-refractivity contribution in [1.82, 2.24) is 0 Å². The van der Waals surface area contributed by atoms with Crippen LogP contribution in [0.1, 0.15) is 50.9 Å². The highest BCUT2D eigenvalue weighted by Gasteiger charge is 2.26. The number of carbonyl (C=O) groups is 1. The summed E-state index contributed by atoms with van der Waals surface area (Å²) in [5.41, 5.74) is 0.959. The Morgan fingerprint density at radius 3 is 2.62 bits per heavy atom. The molecule has 0 radical (unpaired) electrons. The van der Waals surface area contributed by atoms with Crippen molar-refractivity contribution in [2.24, 2.45) is 0 Å². The average Bonchev–Trinajstić information content (AvgIpc) is 3.22. The molecular weight excluding hydrogens is 312 g/mol. The van der Waals surface area contributed by atoms with Crippen LogP contribution in [0.15, 0.2) is 18.2 Å². The molecule has 1 unspecified atom stereocenters. The van der Waals surface area contributed by atoms with Crippen LogP contribution >= 0.6 is 0 Å². The van der Waals surface area contributed by atoms with Gasteiger partial charge in [0.05, 0.1) is 19.8 Å². The molecule has 2 heterocycles. The molecule has 1 saturated heterocycles. The molecule has 0 aliphatic carbocycles. The second-order valence-corrected chi connectivity index (χ2v) is 5.99. The summed E-state index contributed by atoms with van der Waals surface area (Å²) >= 11 is 0. The Balaban J connectivity index is 1.36. The molecule has 24 heavy (non-hydrogen) atoms. The predicted molar refractivity (Wildman–Crippen MR) is 85.8 cm³/mol. The molecule has 1 aromatic carbocycles. The zero-order valence-corrected chi connectivity index (χ0v) is 14.0. The van der Waals surface area contributed by atoms with E-state index in [4.69, 9.17) is 23.7 Å². The Labute approximate surface area is 142 Å². The van der Waals surface area contributed by atoms with E-state index in [0.29, 0.717) is 19.8 Å². The van der Waals surface area contributed by atoms with Crippen LogP contribution in [0.2, 0.25) is 0 Å². The van der Waals surface area contributed by atoms with Gasteiger partial charge in [0.25, 0.3) is 0 Å². The van der Waals surface area contributed by atoms with Crippen molar-refractivity contribution in [3.8, 4) is 11.5 Å². The van der Waals surface area contributed by atoms with Crippen LogP contribution in [0.3, 0.4) is 0 Å². The van der Waals surface area contributed by atoms with E-state index < -0.39 is 0 Å². The number of rotatable bonds is 8. The van der Waals surface area contributed by atoms with E-state index >= 15 is 0 Å².